The number of aliphatic hydroxyl groups excluding tert-OH is 1. The molecule has 1 aromatic rings. The molecule has 0 aromatic heterocycles. The Morgan fingerprint density at radius 1 is 1.09 bits per heavy atom. The van der Waals surface area contributed by atoms with E-state index in [4.69, 9.17) is 24.8 Å². The van der Waals surface area contributed by atoms with E-state index in [9.17, 15) is 9.59 Å². The van der Waals surface area contributed by atoms with Crippen molar-refractivity contribution < 1.29 is 34.4 Å². The molecule has 0 aliphatic heterocycles. The molecule has 0 aliphatic rings. The average Bonchev–Trinajstić information content (AvgIpc) is 2.49. The Morgan fingerprint density at radius 2 is 1.68 bits per heavy atom. The Morgan fingerprint density at radius 3 is 2.18 bits per heavy atom. The Kier molecular flexibility index (Phi) is 7.18. The van der Waals surface area contributed by atoms with E-state index >= 15 is 0 Å². The van der Waals surface area contributed by atoms with Gasteiger partial charge in [-0.25, -0.2) is 9.59 Å². The van der Waals surface area contributed by atoms with E-state index in [2.05, 4.69) is 0 Å². The Balaban J connectivity index is 3.00. The number of carbonyl (C=O) groups is 2. The van der Waals surface area contributed by atoms with Crippen molar-refractivity contribution in [3.8, 4) is 0 Å². The molecule has 0 fully saturated rings. The van der Waals surface area contributed by atoms with Crippen molar-refractivity contribution in [2.75, 3.05) is 6.61 Å². The molecule has 0 spiro atoms. The lowest BCUT2D eigenvalue weighted by atomic mass is 9.90. The first-order valence-corrected chi connectivity index (χ1v) is 6.90. The van der Waals surface area contributed by atoms with E-state index in [1.54, 1.807) is 31.2 Å². The molecule has 0 bridgehead atoms. The number of hydrogen-bond acceptors (Lipinski definition) is 5. The zero-order valence-corrected chi connectivity index (χ0v) is 12.2. The summed E-state index contributed by atoms with van der Waals surface area (Å²) in [5.74, 6) is -0.402. The maximum Gasteiger partial charge on any atom is 0.506 e. The first-order valence-electron chi connectivity index (χ1n) is 6.90. The summed E-state index contributed by atoms with van der Waals surface area (Å²) >= 11 is 0. The molecule has 22 heavy (non-hydrogen) atoms. The van der Waals surface area contributed by atoms with Gasteiger partial charge in [0.2, 0.25) is 0 Å². The fourth-order valence-electron chi connectivity index (χ4n) is 2.27. The SMILES string of the molecule is CC(c1ccccc1)C(OC(=O)O)C(CCCO)OC(=O)O. The lowest BCUT2D eigenvalue weighted by molar-refractivity contribution is -0.0530. The second-order valence-corrected chi connectivity index (χ2v) is 4.84. The molecule has 0 aliphatic carbocycles. The maximum absolute atomic E-state index is 10.9. The zero-order chi connectivity index (χ0) is 16.5. The number of ether oxygens (including phenoxy) is 2. The van der Waals surface area contributed by atoms with Crippen LogP contribution >= 0.6 is 0 Å². The van der Waals surface area contributed by atoms with Crippen molar-refractivity contribution in [3.63, 3.8) is 0 Å². The highest BCUT2D eigenvalue weighted by molar-refractivity contribution is 5.58. The highest BCUT2D eigenvalue weighted by Gasteiger charge is 2.34. The van der Waals surface area contributed by atoms with Crippen LogP contribution in [0, 0.1) is 0 Å². The van der Waals surface area contributed by atoms with Gasteiger partial charge in [0.25, 0.3) is 0 Å². The van der Waals surface area contributed by atoms with Gasteiger partial charge in [-0.3, -0.25) is 0 Å². The first-order chi connectivity index (χ1) is 10.5. The zero-order valence-electron chi connectivity index (χ0n) is 12.2. The minimum Gasteiger partial charge on any atom is -0.450 e. The Labute approximate surface area is 128 Å². The lowest BCUT2D eigenvalue weighted by Gasteiger charge is -2.29. The predicted octanol–water partition coefficient (Wildman–Crippen LogP) is 2.69. The van der Waals surface area contributed by atoms with Crippen LogP contribution in [-0.2, 0) is 9.47 Å². The fraction of sp³-hybridized carbons (Fsp3) is 0.467. The third-order valence-corrected chi connectivity index (χ3v) is 3.32. The molecular weight excluding hydrogens is 292 g/mol. The van der Waals surface area contributed by atoms with E-state index in [-0.39, 0.29) is 19.4 Å². The largest absolute Gasteiger partial charge is 0.506 e. The summed E-state index contributed by atoms with van der Waals surface area (Å²) in [5, 5.41) is 26.7. The van der Waals surface area contributed by atoms with Crippen LogP contribution in [0.2, 0.25) is 0 Å². The average molecular weight is 312 g/mol. The molecule has 7 heteroatoms. The van der Waals surface area contributed by atoms with Gasteiger partial charge in [-0.05, 0) is 18.4 Å². The summed E-state index contributed by atoms with van der Waals surface area (Å²) in [7, 11) is 0. The normalized spacial score (nSPS) is 14.6. The molecule has 3 N–H and O–H groups in total. The van der Waals surface area contributed by atoms with Crippen LogP contribution in [-0.4, -0.2) is 46.4 Å². The summed E-state index contributed by atoms with van der Waals surface area (Å²) < 4.78 is 9.65. The van der Waals surface area contributed by atoms with Crippen LogP contribution < -0.4 is 0 Å². The van der Waals surface area contributed by atoms with Crippen LogP contribution in [0.1, 0.15) is 31.2 Å². The van der Waals surface area contributed by atoms with E-state index in [1.165, 1.54) is 0 Å². The van der Waals surface area contributed by atoms with E-state index < -0.39 is 30.4 Å². The first kappa shape index (κ1) is 17.8. The molecule has 7 nitrogen and oxygen atoms in total. The Hall–Kier alpha value is -2.28. The third-order valence-electron chi connectivity index (χ3n) is 3.32. The van der Waals surface area contributed by atoms with E-state index in [0.29, 0.717) is 0 Å². The van der Waals surface area contributed by atoms with Gasteiger partial charge in [0.1, 0.15) is 12.2 Å². The molecule has 1 aromatic carbocycles. The molecular formula is C15H20O7. The van der Waals surface area contributed by atoms with Crippen LogP contribution in [0.25, 0.3) is 0 Å². The highest BCUT2D eigenvalue weighted by Crippen LogP contribution is 2.27. The number of aliphatic hydroxyl groups is 1. The second-order valence-electron chi connectivity index (χ2n) is 4.84. The number of rotatable bonds is 8. The van der Waals surface area contributed by atoms with Gasteiger partial charge >= 0.3 is 12.3 Å². The van der Waals surface area contributed by atoms with Crippen molar-refractivity contribution in [3.05, 3.63) is 35.9 Å². The van der Waals surface area contributed by atoms with Crippen molar-refractivity contribution in [1.29, 1.82) is 0 Å². The van der Waals surface area contributed by atoms with Gasteiger partial charge in [-0.2, -0.15) is 0 Å². The van der Waals surface area contributed by atoms with Gasteiger partial charge < -0.3 is 24.8 Å². The van der Waals surface area contributed by atoms with Crippen molar-refractivity contribution in [1.82, 2.24) is 0 Å². The number of carboxylic acid groups (broad SMARTS) is 2. The smallest absolute Gasteiger partial charge is 0.450 e. The molecule has 122 valence electrons. The molecule has 3 atom stereocenters. The molecule has 0 radical (unpaired) electrons. The summed E-state index contributed by atoms with van der Waals surface area (Å²) in [6.07, 6.45) is -4.56. The second kappa shape index (κ2) is 8.89. The molecule has 0 heterocycles. The number of benzene rings is 1. The lowest BCUT2D eigenvalue weighted by Crippen LogP contribution is -2.38. The van der Waals surface area contributed by atoms with Crippen molar-refractivity contribution >= 4 is 12.3 Å². The topological polar surface area (TPSA) is 113 Å². The van der Waals surface area contributed by atoms with Gasteiger partial charge in [0.05, 0.1) is 0 Å². The molecule has 1 rings (SSSR count). The molecule has 3 unspecified atom stereocenters. The minimum absolute atomic E-state index is 0.154. The summed E-state index contributed by atoms with van der Waals surface area (Å²) in [6, 6.07) is 9.01. The van der Waals surface area contributed by atoms with E-state index in [0.717, 1.165) is 5.56 Å². The van der Waals surface area contributed by atoms with Gasteiger partial charge in [-0.1, -0.05) is 37.3 Å². The van der Waals surface area contributed by atoms with Crippen LogP contribution in [0.3, 0.4) is 0 Å². The van der Waals surface area contributed by atoms with Gasteiger partial charge in [-0.15, -0.1) is 0 Å². The summed E-state index contributed by atoms with van der Waals surface area (Å²) in [4.78, 5) is 21.8. The third kappa shape index (κ3) is 5.61. The van der Waals surface area contributed by atoms with Crippen molar-refractivity contribution in [2.24, 2.45) is 0 Å². The predicted molar refractivity (Wildman–Crippen MR) is 77.0 cm³/mol. The highest BCUT2D eigenvalue weighted by atomic mass is 16.7. The van der Waals surface area contributed by atoms with E-state index in [1.807, 2.05) is 6.07 Å². The number of hydrogen-bond donors (Lipinski definition) is 3. The van der Waals surface area contributed by atoms with Gasteiger partial charge in [0, 0.05) is 12.5 Å². The van der Waals surface area contributed by atoms with Gasteiger partial charge in [0.15, 0.2) is 0 Å². The quantitative estimate of drug-likeness (QED) is 0.632. The molecule has 0 saturated heterocycles. The van der Waals surface area contributed by atoms with Crippen LogP contribution in [0.4, 0.5) is 9.59 Å². The fourth-order valence-corrected chi connectivity index (χ4v) is 2.27. The Bertz CT molecular complexity index is 474. The standard InChI is InChI=1S/C15H20O7/c1-10(11-6-3-2-4-7-11)13(22-15(19)20)12(8-5-9-16)21-14(17)18/h2-4,6-7,10,12-13,16H,5,8-9H2,1H3,(H,17,18)(H,19,20). The molecule has 0 amide bonds. The monoisotopic (exact) mass is 312 g/mol. The van der Waals surface area contributed by atoms with Crippen LogP contribution in [0.15, 0.2) is 30.3 Å². The van der Waals surface area contributed by atoms with Crippen LogP contribution in [0.5, 0.6) is 0 Å². The summed E-state index contributed by atoms with van der Waals surface area (Å²) in [5.41, 5.74) is 0.803. The maximum atomic E-state index is 10.9. The minimum atomic E-state index is -1.51. The molecule has 0 saturated carbocycles. The van der Waals surface area contributed by atoms with Crippen molar-refractivity contribution in [2.45, 2.75) is 37.9 Å². The summed E-state index contributed by atoms with van der Waals surface area (Å²) in [6.45, 7) is 1.58.